The molecule has 2 saturated heterocycles. The average Bonchev–Trinajstić information content (AvgIpc) is 3.29. The lowest BCUT2D eigenvalue weighted by Crippen LogP contribution is -2.61. The fourth-order valence-electron chi connectivity index (χ4n) is 8.58. The van der Waals surface area contributed by atoms with Gasteiger partial charge in [0.05, 0.1) is 26.4 Å². The molecule has 2 fully saturated rings. The molecule has 0 aliphatic carbocycles. The molecule has 64 heavy (non-hydrogen) atoms. The quantitative estimate of drug-likeness (QED) is 0.0231. The number of unbranched alkanes of at least 4 members (excludes halogenated alkanes) is 28. The Hall–Kier alpha value is -1.01. The van der Waals surface area contributed by atoms with Crippen molar-refractivity contribution in [3.05, 3.63) is 0 Å². The zero-order chi connectivity index (χ0) is 46.6. The Bertz CT molecular complexity index is 1070. The summed E-state index contributed by atoms with van der Waals surface area (Å²) in [5.74, 6) is -0.370. The maximum Gasteiger partial charge on any atom is 0.306 e. The summed E-state index contributed by atoms with van der Waals surface area (Å²) in [4.78, 5) is 13.0. The lowest BCUT2D eigenvalue weighted by molar-refractivity contribution is -0.332. The van der Waals surface area contributed by atoms with Crippen molar-refractivity contribution in [3.63, 3.8) is 0 Å². The third-order valence-electron chi connectivity index (χ3n) is 12.9. The van der Waals surface area contributed by atoms with E-state index < -0.39 is 80.7 Å². The first kappa shape index (κ1) is 59.1. The van der Waals surface area contributed by atoms with Gasteiger partial charge in [-0.1, -0.05) is 194 Å². The Morgan fingerprint density at radius 1 is 0.453 bits per heavy atom. The molecule has 0 aromatic heterocycles. The summed E-state index contributed by atoms with van der Waals surface area (Å²) in [6, 6.07) is 0. The molecule has 11 unspecified atom stereocenters. The van der Waals surface area contributed by atoms with Crippen molar-refractivity contribution < 1.29 is 69.0 Å². The van der Waals surface area contributed by atoms with Crippen molar-refractivity contribution in [2.45, 2.75) is 280 Å². The van der Waals surface area contributed by atoms with Gasteiger partial charge in [-0.2, -0.15) is 0 Å². The molecule has 2 aliphatic heterocycles. The van der Waals surface area contributed by atoms with Crippen molar-refractivity contribution in [2.75, 3.05) is 33.0 Å². The smallest absolute Gasteiger partial charge is 0.306 e. The zero-order valence-electron chi connectivity index (χ0n) is 40.3. The number of aliphatic hydroxyl groups excluding tert-OH is 7. The molecule has 380 valence electrons. The lowest BCUT2D eigenvalue weighted by Gasteiger charge is -2.42. The summed E-state index contributed by atoms with van der Waals surface area (Å²) < 4.78 is 34.2. The van der Waals surface area contributed by atoms with Gasteiger partial charge in [0.25, 0.3) is 0 Å². The fourth-order valence-corrected chi connectivity index (χ4v) is 8.58. The first-order chi connectivity index (χ1) is 31.1. The highest BCUT2D eigenvalue weighted by atomic mass is 16.7. The van der Waals surface area contributed by atoms with E-state index in [0.29, 0.717) is 6.61 Å². The minimum absolute atomic E-state index is 0.0695. The van der Waals surface area contributed by atoms with Gasteiger partial charge in [-0.25, -0.2) is 0 Å². The van der Waals surface area contributed by atoms with E-state index in [-0.39, 0.29) is 25.6 Å². The number of hydrogen-bond acceptors (Lipinski definition) is 14. The van der Waals surface area contributed by atoms with Crippen molar-refractivity contribution in [2.24, 2.45) is 0 Å². The van der Waals surface area contributed by atoms with Crippen LogP contribution >= 0.6 is 0 Å². The van der Waals surface area contributed by atoms with Crippen LogP contribution in [0.15, 0.2) is 0 Å². The van der Waals surface area contributed by atoms with Crippen molar-refractivity contribution in [1.29, 1.82) is 0 Å². The summed E-state index contributed by atoms with van der Waals surface area (Å²) in [6.45, 7) is 3.72. The van der Waals surface area contributed by atoms with E-state index in [2.05, 4.69) is 13.8 Å². The maximum atomic E-state index is 13.0. The molecule has 0 radical (unpaired) electrons. The first-order valence-corrected chi connectivity index (χ1v) is 26.1. The lowest BCUT2D eigenvalue weighted by atomic mass is 9.98. The number of hydrogen-bond donors (Lipinski definition) is 7. The summed E-state index contributed by atoms with van der Waals surface area (Å²) >= 11 is 0. The van der Waals surface area contributed by atoms with Gasteiger partial charge < -0.3 is 64.2 Å². The molecular weight excluding hydrogens is 825 g/mol. The molecule has 0 aromatic rings. The van der Waals surface area contributed by atoms with Gasteiger partial charge in [0.15, 0.2) is 12.6 Å². The van der Waals surface area contributed by atoms with Crippen LogP contribution in [0.1, 0.15) is 213 Å². The summed E-state index contributed by atoms with van der Waals surface area (Å²) in [5, 5.41) is 72.0. The molecule has 14 nitrogen and oxygen atoms in total. The van der Waals surface area contributed by atoms with E-state index in [1.54, 1.807) is 0 Å². The minimum atomic E-state index is -1.70. The van der Waals surface area contributed by atoms with Crippen LogP contribution in [0.5, 0.6) is 0 Å². The highest BCUT2D eigenvalue weighted by Crippen LogP contribution is 2.26. The second-order valence-corrected chi connectivity index (χ2v) is 18.7. The Morgan fingerprint density at radius 3 is 1.27 bits per heavy atom. The highest BCUT2D eigenvalue weighted by molar-refractivity contribution is 5.69. The number of ether oxygens (including phenoxy) is 6. The number of aliphatic hydroxyl groups is 7. The van der Waals surface area contributed by atoms with Gasteiger partial charge in [-0.3, -0.25) is 4.79 Å². The molecule has 11 atom stereocenters. The van der Waals surface area contributed by atoms with Crippen LogP contribution in [0.4, 0.5) is 0 Å². The fraction of sp³-hybridized carbons (Fsp3) is 0.980. The molecule has 2 heterocycles. The largest absolute Gasteiger partial charge is 0.457 e. The zero-order valence-corrected chi connectivity index (χ0v) is 40.3. The van der Waals surface area contributed by atoms with Crippen LogP contribution in [-0.2, 0) is 33.2 Å². The standard InChI is InChI=1S/C50H96O14/c1-3-5-7-9-11-13-15-16-17-18-19-20-21-22-23-24-25-27-29-31-33-42(52)62-39(36-59-34-32-30-28-26-14-12-10-8-6-4-2)37-60-49-48(58)46(56)44(54)41(64-49)38-61-50-47(57)45(55)43(53)40(35-51)63-50/h39-41,43-51,53-58H,3-38H2,1-2H3. The van der Waals surface area contributed by atoms with Crippen LogP contribution in [0.3, 0.4) is 0 Å². The Balaban J connectivity index is 1.72. The van der Waals surface area contributed by atoms with E-state index in [1.807, 2.05) is 0 Å². The van der Waals surface area contributed by atoms with Gasteiger partial charge in [-0.15, -0.1) is 0 Å². The molecule has 0 bridgehead atoms. The first-order valence-electron chi connectivity index (χ1n) is 26.1. The molecule has 7 N–H and O–H groups in total. The molecule has 0 spiro atoms. The Morgan fingerprint density at radius 2 is 0.828 bits per heavy atom. The van der Waals surface area contributed by atoms with Crippen LogP contribution in [0.2, 0.25) is 0 Å². The van der Waals surface area contributed by atoms with Crippen molar-refractivity contribution in [3.8, 4) is 0 Å². The third-order valence-corrected chi connectivity index (χ3v) is 12.9. The monoisotopic (exact) mass is 921 g/mol. The van der Waals surface area contributed by atoms with Gasteiger partial charge in [0, 0.05) is 13.0 Å². The van der Waals surface area contributed by atoms with E-state index in [4.69, 9.17) is 28.4 Å². The maximum absolute atomic E-state index is 13.0. The van der Waals surface area contributed by atoms with Crippen LogP contribution in [0.25, 0.3) is 0 Å². The normalized spacial score (nSPS) is 26.6. The van der Waals surface area contributed by atoms with E-state index in [0.717, 1.165) is 44.9 Å². The van der Waals surface area contributed by atoms with Crippen LogP contribution in [-0.4, -0.2) is 142 Å². The SMILES string of the molecule is CCCCCCCCCCCCCCCCCCCCCCC(=O)OC(COCCCCCCCCCCCC)COC1OC(COC2OC(CO)C(O)C(O)C2O)C(O)C(O)C1O. The average molecular weight is 921 g/mol. The number of rotatable bonds is 42. The van der Waals surface area contributed by atoms with Gasteiger partial charge in [0.1, 0.15) is 54.9 Å². The van der Waals surface area contributed by atoms with Crippen molar-refractivity contribution in [1.82, 2.24) is 0 Å². The Labute approximate surface area is 387 Å². The molecular formula is C50H96O14. The molecule has 2 aliphatic rings. The summed E-state index contributed by atoms with van der Waals surface area (Å²) in [7, 11) is 0. The predicted octanol–water partition coefficient (Wildman–Crippen LogP) is 7.69. The Kier molecular flexibility index (Phi) is 35.9. The summed E-state index contributed by atoms with van der Waals surface area (Å²) in [6.07, 6.45) is 21.7. The number of esters is 1. The number of carbonyl (C=O) groups is 1. The molecule has 0 amide bonds. The van der Waals surface area contributed by atoms with Crippen LogP contribution in [0, 0.1) is 0 Å². The van der Waals surface area contributed by atoms with Gasteiger partial charge in [0.2, 0.25) is 0 Å². The molecule has 0 saturated carbocycles. The van der Waals surface area contributed by atoms with E-state index >= 15 is 0 Å². The third kappa shape index (κ3) is 26.5. The van der Waals surface area contributed by atoms with E-state index in [9.17, 15) is 40.5 Å². The predicted molar refractivity (Wildman–Crippen MR) is 248 cm³/mol. The minimum Gasteiger partial charge on any atom is -0.457 e. The van der Waals surface area contributed by atoms with Crippen LogP contribution < -0.4 is 0 Å². The van der Waals surface area contributed by atoms with Gasteiger partial charge in [-0.05, 0) is 12.8 Å². The molecule has 0 aromatic carbocycles. The van der Waals surface area contributed by atoms with Crippen molar-refractivity contribution >= 4 is 5.97 Å². The second-order valence-electron chi connectivity index (χ2n) is 18.7. The highest BCUT2D eigenvalue weighted by Gasteiger charge is 2.47. The number of carbonyl (C=O) groups excluding carboxylic acids is 1. The molecule has 14 heteroatoms. The second kappa shape index (κ2) is 38.9. The topological polar surface area (TPSA) is 214 Å². The van der Waals surface area contributed by atoms with Gasteiger partial charge >= 0.3 is 5.97 Å². The summed E-state index contributed by atoms with van der Waals surface area (Å²) in [5.41, 5.74) is 0. The van der Waals surface area contributed by atoms with E-state index in [1.165, 1.54) is 148 Å². The molecule has 2 rings (SSSR count).